The number of hydrogen-bond acceptors (Lipinski definition) is 3. The fourth-order valence-corrected chi connectivity index (χ4v) is 2.53. The van der Waals surface area contributed by atoms with E-state index in [1.807, 2.05) is 49.4 Å². The van der Waals surface area contributed by atoms with Crippen LogP contribution in [0.2, 0.25) is 0 Å². The van der Waals surface area contributed by atoms with Crippen LogP contribution in [-0.4, -0.2) is 9.97 Å². The van der Waals surface area contributed by atoms with Gasteiger partial charge in [0.05, 0.1) is 16.9 Å². The Balaban J connectivity index is 1.92. The highest BCUT2D eigenvalue weighted by atomic mass is 127. The molecule has 0 fully saturated rings. The molecule has 1 aromatic heterocycles. The Bertz CT molecular complexity index is 827. The summed E-state index contributed by atoms with van der Waals surface area (Å²) in [5, 5.41) is 3.95. The van der Waals surface area contributed by atoms with Gasteiger partial charge in [-0.25, -0.2) is 4.98 Å². The second kappa shape index (κ2) is 5.85. The molecule has 21 heavy (non-hydrogen) atoms. The molecule has 0 saturated carbocycles. The largest absolute Gasteiger partial charge is 0.375 e. The number of para-hydroxylation sites is 1. The number of halogens is 1. The van der Waals surface area contributed by atoms with Gasteiger partial charge in [0.25, 0.3) is 5.56 Å². The van der Waals surface area contributed by atoms with Crippen molar-refractivity contribution in [2.75, 3.05) is 5.32 Å². The molecule has 0 radical (unpaired) electrons. The van der Waals surface area contributed by atoms with E-state index in [1.165, 1.54) is 3.57 Å². The van der Waals surface area contributed by atoms with Crippen molar-refractivity contribution in [3.63, 3.8) is 0 Å². The van der Waals surface area contributed by atoms with E-state index in [9.17, 15) is 4.79 Å². The minimum absolute atomic E-state index is 0.0811. The van der Waals surface area contributed by atoms with Crippen molar-refractivity contribution in [1.29, 1.82) is 0 Å². The van der Waals surface area contributed by atoms with Crippen LogP contribution in [0.3, 0.4) is 0 Å². The summed E-state index contributed by atoms with van der Waals surface area (Å²) in [6.07, 6.45) is 0. The van der Waals surface area contributed by atoms with Gasteiger partial charge < -0.3 is 10.3 Å². The number of nitrogens with one attached hydrogen (secondary N) is 2. The second-order valence-corrected chi connectivity index (χ2v) is 6.09. The first-order valence-electron chi connectivity index (χ1n) is 6.64. The molecule has 106 valence electrons. The molecule has 2 N–H and O–H groups in total. The average molecular weight is 391 g/mol. The number of hydrogen-bond donors (Lipinski definition) is 2. The molecular weight excluding hydrogens is 377 g/mol. The molecule has 1 atom stereocenters. The van der Waals surface area contributed by atoms with Crippen molar-refractivity contribution < 1.29 is 0 Å². The van der Waals surface area contributed by atoms with Crippen LogP contribution < -0.4 is 10.9 Å². The number of aromatic amines is 1. The highest BCUT2D eigenvalue weighted by molar-refractivity contribution is 14.1. The Hall–Kier alpha value is -1.89. The highest BCUT2D eigenvalue weighted by Crippen LogP contribution is 2.18. The van der Waals surface area contributed by atoms with Crippen LogP contribution in [0, 0.1) is 3.57 Å². The molecule has 0 saturated heterocycles. The van der Waals surface area contributed by atoms with Crippen molar-refractivity contribution in [2.24, 2.45) is 0 Å². The number of aromatic nitrogens is 2. The molecule has 0 aliphatic rings. The molecule has 1 heterocycles. The van der Waals surface area contributed by atoms with E-state index in [0.717, 1.165) is 5.69 Å². The minimum Gasteiger partial charge on any atom is -0.375 e. The van der Waals surface area contributed by atoms with Crippen molar-refractivity contribution in [3.8, 4) is 0 Å². The number of benzene rings is 2. The van der Waals surface area contributed by atoms with Crippen molar-refractivity contribution >= 4 is 39.2 Å². The van der Waals surface area contributed by atoms with Crippen LogP contribution >= 0.6 is 22.6 Å². The Labute approximate surface area is 135 Å². The van der Waals surface area contributed by atoms with E-state index >= 15 is 0 Å². The summed E-state index contributed by atoms with van der Waals surface area (Å²) in [5.41, 5.74) is 1.61. The zero-order valence-electron chi connectivity index (χ0n) is 11.4. The predicted molar refractivity (Wildman–Crippen MR) is 93.6 cm³/mol. The normalized spacial score (nSPS) is 12.3. The van der Waals surface area contributed by atoms with Gasteiger partial charge >= 0.3 is 0 Å². The summed E-state index contributed by atoms with van der Waals surface area (Å²) in [6, 6.07) is 15.4. The molecule has 4 nitrogen and oxygen atoms in total. The second-order valence-electron chi connectivity index (χ2n) is 4.84. The Morgan fingerprint density at radius 3 is 2.62 bits per heavy atom. The van der Waals surface area contributed by atoms with Crippen molar-refractivity contribution in [1.82, 2.24) is 9.97 Å². The van der Waals surface area contributed by atoms with Gasteiger partial charge in [-0.05, 0) is 65.9 Å². The zero-order chi connectivity index (χ0) is 14.8. The molecule has 0 aliphatic heterocycles. The lowest BCUT2D eigenvalue weighted by Gasteiger charge is -2.15. The van der Waals surface area contributed by atoms with Crippen LogP contribution in [-0.2, 0) is 0 Å². The average Bonchev–Trinajstić information content (AvgIpc) is 2.49. The van der Waals surface area contributed by atoms with Gasteiger partial charge in [-0.1, -0.05) is 12.1 Å². The van der Waals surface area contributed by atoms with E-state index in [2.05, 4.69) is 37.9 Å². The summed E-state index contributed by atoms with van der Waals surface area (Å²) in [4.78, 5) is 19.5. The number of rotatable bonds is 3. The summed E-state index contributed by atoms with van der Waals surface area (Å²) >= 11 is 2.27. The smallest absolute Gasteiger partial charge is 0.258 e. The maximum Gasteiger partial charge on any atom is 0.258 e. The third-order valence-electron chi connectivity index (χ3n) is 3.27. The van der Waals surface area contributed by atoms with E-state index in [4.69, 9.17) is 0 Å². The van der Waals surface area contributed by atoms with Crippen molar-refractivity contribution in [2.45, 2.75) is 13.0 Å². The SMILES string of the molecule is C[C@H](Nc1ccc(I)cc1)c1nc2ccccc2c(=O)[nH]1. The first kappa shape index (κ1) is 14.1. The van der Waals surface area contributed by atoms with Crippen molar-refractivity contribution in [3.05, 3.63) is 68.3 Å². The van der Waals surface area contributed by atoms with Gasteiger partial charge in [0.15, 0.2) is 0 Å². The maximum atomic E-state index is 12.1. The minimum atomic E-state index is -0.105. The van der Waals surface area contributed by atoms with Gasteiger partial charge in [-0.2, -0.15) is 0 Å². The molecular formula is C16H14IN3O. The van der Waals surface area contributed by atoms with E-state index in [0.29, 0.717) is 16.7 Å². The third-order valence-corrected chi connectivity index (χ3v) is 3.99. The van der Waals surface area contributed by atoms with Gasteiger partial charge in [0.1, 0.15) is 5.82 Å². The van der Waals surface area contributed by atoms with Gasteiger partial charge in [0, 0.05) is 9.26 Å². The molecule has 2 aromatic carbocycles. The molecule has 0 amide bonds. The van der Waals surface area contributed by atoms with E-state index in [1.54, 1.807) is 6.07 Å². The van der Waals surface area contributed by atoms with Gasteiger partial charge in [-0.15, -0.1) is 0 Å². The van der Waals surface area contributed by atoms with Gasteiger partial charge in [-0.3, -0.25) is 4.79 Å². The maximum absolute atomic E-state index is 12.1. The van der Waals surface area contributed by atoms with Crippen LogP contribution in [0.5, 0.6) is 0 Å². The first-order chi connectivity index (χ1) is 10.1. The summed E-state index contributed by atoms with van der Waals surface area (Å²) in [6.45, 7) is 1.98. The first-order valence-corrected chi connectivity index (χ1v) is 7.72. The van der Waals surface area contributed by atoms with Crippen LogP contribution in [0.1, 0.15) is 18.8 Å². The van der Waals surface area contributed by atoms with Crippen LogP contribution in [0.4, 0.5) is 5.69 Å². The predicted octanol–water partition coefficient (Wildman–Crippen LogP) is 3.70. The zero-order valence-corrected chi connectivity index (χ0v) is 13.6. The fraction of sp³-hybridized carbons (Fsp3) is 0.125. The molecule has 5 heteroatoms. The van der Waals surface area contributed by atoms with Crippen LogP contribution in [0.15, 0.2) is 53.3 Å². The highest BCUT2D eigenvalue weighted by Gasteiger charge is 2.10. The summed E-state index contributed by atoms with van der Waals surface area (Å²) < 4.78 is 1.18. The number of anilines is 1. The monoisotopic (exact) mass is 391 g/mol. The Kier molecular flexibility index (Phi) is 3.92. The fourth-order valence-electron chi connectivity index (χ4n) is 2.17. The Morgan fingerprint density at radius 2 is 1.86 bits per heavy atom. The van der Waals surface area contributed by atoms with E-state index in [-0.39, 0.29) is 11.6 Å². The molecule has 3 aromatic rings. The lowest BCUT2D eigenvalue weighted by molar-refractivity contribution is 0.791. The quantitative estimate of drug-likeness (QED) is 0.670. The number of fused-ring (bicyclic) bond motifs is 1. The molecule has 0 bridgehead atoms. The molecule has 3 rings (SSSR count). The third kappa shape index (κ3) is 3.07. The molecule has 0 aliphatic carbocycles. The standard InChI is InChI=1S/C16H14IN3O/c1-10(18-12-8-6-11(17)7-9-12)15-19-14-5-3-2-4-13(14)16(21)20-15/h2-10,18H,1H3,(H,19,20,21)/t10-/m0/s1. The van der Waals surface area contributed by atoms with Gasteiger partial charge in [0.2, 0.25) is 0 Å². The lowest BCUT2D eigenvalue weighted by atomic mass is 10.2. The van der Waals surface area contributed by atoms with E-state index < -0.39 is 0 Å². The molecule has 0 spiro atoms. The Morgan fingerprint density at radius 1 is 1.14 bits per heavy atom. The summed E-state index contributed by atoms with van der Waals surface area (Å²) in [5.74, 6) is 0.636. The number of H-pyrrole nitrogens is 1. The molecule has 0 unspecified atom stereocenters. The lowest BCUT2D eigenvalue weighted by Crippen LogP contribution is -2.17. The number of nitrogens with zero attached hydrogens (tertiary/aromatic N) is 1. The topological polar surface area (TPSA) is 57.8 Å². The van der Waals surface area contributed by atoms with Crippen LogP contribution in [0.25, 0.3) is 10.9 Å². The summed E-state index contributed by atoms with van der Waals surface area (Å²) in [7, 11) is 0.